The van der Waals surface area contributed by atoms with E-state index in [1.807, 2.05) is 54.6 Å². The number of nitrogens with zero attached hydrogens (tertiary/aromatic N) is 1. The third-order valence-electron chi connectivity index (χ3n) is 3.22. The van der Waals surface area contributed by atoms with E-state index in [1.54, 1.807) is 6.08 Å². The number of carbonyl (C=O) groups is 2. The first-order valence-corrected chi connectivity index (χ1v) is 7.47. The molecule has 22 heavy (non-hydrogen) atoms. The van der Waals surface area contributed by atoms with Crippen molar-refractivity contribution in [2.24, 2.45) is 0 Å². The zero-order chi connectivity index (χ0) is 15.5. The molecule has 0 radical (unpaired) electrons. The van der Waals surface area contributed by atoms with Crippen molar-refractivity contribution in [3.05, 3.63) is 76.0 Å². The highest BCUT2D eigenvalue weighted by Gasteiger charge is 2.36. The minimum absolute atomic E-state index is 0.0494. The second kappa shape index (κ2) is 6.15. The molecule has 1 fully saturated rings. The van der Waals surface area contributed by atoms with Gasteiger partial charge in [-0.3, -0.25) is 4.79 Å². The quantitative estimate of drug-likeness (QED) is 0.780. The van der Waals surface area contributed by atoms with Gasteiger partial charge in [0.25, 0.3) is 5.91 Å². The summed E-state index contributed by atoms with van der Waals surface area (Å²) < 4.78 is 6.02. The summed E-state index contributed by atoms with van der Waals surface area (Å²) in [5, 5.41) is 0. The fourth-order valence-corrected chi connectivity index (χ4v) is 2.37. The third-order valence-corrected chi connectivity index (χ3v) is 3.75. The highest BCUT2D eigenvalue weighted by atomic mass is 79.9. The van der Waals surface area contributed by atoms with Crippen molar-refractivity contribution in [1.29, 1.82) is 0 Å². The fraction of sp³-hybridized carbons (Fsp3) is 0.0588. The van der Waals surface area contributed by atoms with Crippen LogP contribution in [0.15, 0.2) is 64.8 Å². The van der Waals surface area contributed by atoms with E-state index in [0.717, 1.165) is 20.5 Å². The maximum atomic E-state index is 12.3. The Bertz CT molecular complexity index is 738. The molecule has 2 aromatic carbocycles. The summed E-state index contributed by atoms with van der Waals surface area (Å²) in [5.74, 6) is -0.370. The van der Waals surface area contributed by atoms with E-state index in [2.05, 4.69) is 15.9 Å². The van der Waals surface area contributed by atoms with Crippen LogP contribution in [0, 0.1) is 0 Å². The van der Waals surface area contributed by atoms with Crippen LogP contribution in [0.5, 0.6) is 0 Å². The van der Waals surface area contributed by atoms with E-state index in [1.165, 1.54) is 0 Å². The van der Waals surface area contributed by atoms with Crippen LogP contribution in [0.1, 0.15) is 11.1 Å². The van der Waals surface area contributed by atoms with E-state index in [4.69, 9.17) is 4.74 Å². The molecule has 1 aliphatic heterocycles. The molecule has 0 aliphatic carbocycles. The number of halogens is 1. The minimum Gasteiger partial charge on any atom is -0.404 e. The molecule has 2 aromatic rings. The summed E-state index contributed by atoms with van der Waals surface area (Å²) in [6.07, 6.45) is 0.928. The van der Waals surface area contributed by atoms with Crippen molar-refractivity contribution in [2.45, 2.75) is 6.54 Å². The molecule has 0 bridgehead atoms. The van der Waals surface area contributed by atoms with Gasteiger partial charge >= 0.3 is 6.09 Å². The number of ether oxygens (including phenoxy) is 1. The first-order valence-electron chi connectivity index (χ1n) is 6.68. The van der Waals surface area contributed by atoms with E-state index >= 15 is 0 Å². The maximum absolute atomic E-state index is 12.3. The Hall–Kier alpha value is -2.40. The molecule has 4 nitrogen and oxygen atoms in total. The third kappa shape index (κ3) is 3.09. The Morgan fingerprint density at radius 3 is 2.36 bits per heavy atom. The monoisotopic (exact) mass is 357 g/mol. The van der Waals surface area contributed by atoms with Crippen LogP contribution in [0.3, 0.4) is 0 Å². The normalized spacial score (nSPS) is 16.2. The molecule has 1 aliphatic rings. The number of cyclic esters (lactones) is 1. The van der Waals surface area contributed by atoms with Gasteiger partial charge < -0.3 is 4.74 Å². The number of hydrogen-bond donors (Lipinski definition) is 0. The lowest BCUT2D eigenvalue weighted by atomic mass is 10.2. The summed E-state index contributed by atoms with van der Waals surface area (Å²) in [4.78, 5) is 25.3. The van der Waals surface area contributed by atoms with Crippen molar-refractivity contribution in [1.82, 2.24) is 4.90 Å². The van der Waals surface area contributed by atoms with Crippen LogP contribution < -0.4 is 0 Å². The van der Waals surface area contributed by atoms with Crippen molar-refractivity contribution in [2.75, 3.05) is 0 Å². The van der Waals surface area contributed by atoms with Gasteiger partial charge in [0.15, 0.2) is 5.76 Å². The molecule has 5 heteroatoms. The van der Waals surface area contributed by atoms with Crippen LogP contribution in [0.4, 0.5) is 4.79 Å². The molecule has 1 saturated heterocycles. The predicted molar refractivity (Wildman–Crippen MR) is 85.6 cm³/mol. The largest absolute Gasteiger partial charge is 0.422 e. The molecule has 0 aromatic heterocycles. The van der Waals surface area contributed by atoms with Crippen molar-refractivity contribution < 1.29 is 14.3 Å². The number of rotatable bonds is 3. The SMILES string of the molecule is O=C1O/C(=C\c2ccccc2)C(=O)N1Cc1ccc(Br)cc1. The first-order chi connectivity index (χ1) is 10.6. The molecule has 0 atom stereocenters. The van der Waals surface area contributed by atoms with Crippen LogP contribution in [-0.2, 0) is 16.1 Å². The molecule has 0 spiro atoms. The average molecular weight is 358 g/mol. The minimum atomic E-state index is -0.643. The van der Waals surface area contributed by atoms with Crippen LogP contribution in [0.2, 0.25) is 0 Å². The van der Waals surface area contributed by atoms with Gasteiger partial charge in [0.1, 0.15) is 0 Å². The standard InChI is InChI=1S/C17H12BrNO3/c18-14-8-6-13(7-9-14)11-19-16(20)15(22-17(19)21)10-12-4-2-1-3-5-12/h1-10H,11H2/b15-10-. The van der Waals surface area contributed by atoms with Gasteiger partial charge in [-0.05, 0) is 29.3 Å². The Balaban J connectivity index is 1.80. The topological polar surface area (TPSA) is 46.6 Å². The van der Waals surface area contributed by atoms with Crippen LogP contribution in [0.25, 0.3) is 6.08 Å². The lowest BCUT2D eigenvalue weighted by molar-refractivity contribution is -0.123. The van der Waals surface area contributed by atoms with E-state index < -0.39 is 12.0 Å². The zero-order valence-electron chi connectivity index (χ0n) is 11.5. The van der Waals surface area contributed by atoms with Gasteiger partial charge in [-0.1, -0.05) is 58.4 Å². The first kappa shape index (κ1) is 14.5. The number of hydrogen-bond acceptors (Lipinski definition) is 3. The summed E-state index contributed by atoms with van der Waals surface area (Å²) >= 11 is 3.35. The van der Waals surface area contributed by atoms with E-state index in [-0.39, 0.29) is 12.3 Å². The molecule has 2 amide bonds. The molecule has 110 valence electrons. The number of imide groups is 1. The molecule has 0 saturated carbocycles. The lowest BCUT2D eigenvalue weighted by Crippen LogP contribution is -2.28. The van der Waals surface area contributed by atoms with Crippen molar-refractivity contribution in [3.8, 4) is 0 Å². The second-order valence-electron chi connectivity index (χ2n) is 4.81. The highest BCUT2D eigenvalue weighted by Crippen LogP contribution is 2.22. The van der Waals surface area contributed by atoms with Gasteiger partial charge in [0.2, 0.25) is 0 Å². The van der Waals surface area contributed by atoms with Crippen LogP contribution in [-0.4, -0.2) is 16.9 Å². The second-order valence-corrected chi connectivity index (χ2v) is 5.72. The lowest BCUT2D eigenvalue weighted by Gasteiger charge is -2.10. The summed E-state index contributed by atoms with van der Waals surface area (Å²) in [6.45, 7) is 0.192. The predicted octanol–water partition coefficient (Wildman–Crippen LogP) is 3.97. The molecular weight excluding hydrogens is 346 g/mol. The molecular formula is C17H12BrNO3. The number of amides is 2. The Kier molecular flexibility index (Phi) is 4.06. The molecule has 1 heterocycles. The van der Waals surface area contributed by atoms with Gasteiger partial charge in [0.05, 0.1) is 6.54 Å². The summed E-state index contributed by atoms with van der Waals surface area (Å²) in [5.41, 5.74) is 1.67. The van der Waals surface area contributed by atoms with E-state index in [0.29, 0.717) is 0 Å². The number of benzene rings is 2. The van der Waals surface area contributed by atoms with Gasteiger partial charge in [-0.15, -0.1) is 0 Å². The fourth-order valence-electron chi connectivity index (χ4n) is 2.11. The Morgan fingerprint density at radius 1 is 1.00 bits per heavy atom. The highest BCUT2D eigenvalue weighted by molar-refractivity contribution is 9.10. The summed E-state index contributed by atoms with van der Waals surface area (Å²) in [6, 6.07) is 16.7. The van der Waals surface area contributed by atoms with Gasteiger partial charge in [0, 0.05) is 4.47 Å². The van der Waals surface area contributed by atoms with E-state index in [9.17, 15) is 9.59 Å². The van der Waals surface area contributed by atoms with Gasteiger partial charge in [-0.2, -0.15) is 0 Å². The smallest absolute Gasteiger partial charge is 0.404 e. The zero-order valence-corrected chi connectivity index (χ0v) is 13.1. The summed E-state index contributed by atoms with van der Waals surface area (Å²) in [7, 11) is 0. The molecule has 0 N–H and O–H groups in total. The van der Waals surface area contributed by atoms with Crippen LogP contribution >= 0.6 is 15.9 Å². The molecule has 0 unspecified atom stereocenters. The van der Waals surface area contributed by atoms with Crippen molar-refractivity contribution in [3.63, 3.8) is 0 Å². The van der Waals surface area contributed by atoms with Crippen molar-refractivity contribution >= 4 is 34.0 Å². The average Bonchev–Trinajstić information content (AvgIpc) is 2.78. The molecule has 3 rings (SSSR count). The van der Waals surface area contributed by atoms with Gasteiger partial charge in [-0.25, -0.2) is 9.69 Å². The Morgan fingerprint density at radius 2 is 1.68 bits per heavy atom. The number of carbonyl (C=O) groups excluding carboxylic acids is 2. The Labute approximate surface area is 136 Å². The maximum Gasteiger partial charge on any atom is 0.422 e.